The van der Waals surface area contributed by atoms with Gasteiger partial charge in [0.2, 0.25) is 0 Å². The first-order chi connectivity index (χ1) is 9.72. The summed E-state index contributed by atoms with van der Waals surface area (Å²) in [6.07, 6.45) is 3.71. The lowest BCUT2D eigenvalue weighted by atomic mass is 10.0. The molecule has 1 saturated heterocycles. The van der Waals surface area contributed by atoms with Crippen LogP contribution in [0.15, 0.2) is 30.3 Å². The molecule has 4 heteroatoms. The van der Waals surface area contributed by atoms with Crippen molar-refractivity contribution in [3.05, 3.63) is 35.9 Å². The quantitative estimate of drug-likeness (QED) is 0.796. The van der Waals surface area contributed by atoms with Gasteiger partial charge in [0.25, 0.3) is 0 Å². The molecule has 1 saturated carbocycles. The van der Waals surface area contributed by atoms with E-state index in [1.165, 1.54) is 7.11 Å². The summed E-state index contributed by atoms with van der Waals surface area (Å²) < 4.78 is 16.9. The zero-order valence-electron chi connectivity index (χ0n) is 11.7. The van der Waals surface area contributed by atoms with Crippen molar-refractivity contribution >= 4 is 5.97 Å². The van der Waals surface area contributed by atoms with Crippen LogP contribution in [0.3, 0.4) is 0 Å². The molecule has 1 aliphatic heterocycles. The highest BCUT2D eigenvalue weighted by Gasteiger charge is 2.51. The molecule has 2 atom stereocenters. The summed E-state index contributed by atoms with van der Waals surface area (Å²) in [7, 11) is 1.39. The average Bonchev–Trinajstić information content (AvgIpc) is 3.07. The van der Waals surface area contributed by atoms with Crippen LogP contribution < -0.4 is 0 Å². The Labute approximate surface area is 119 Å². The van der Waals surface area contributed by atoms with Gasteiger partial charge in [0.05, 0.1) is 7.11 Å². The van der Waals surface area contributed by atoms with E-state index in [4.69, 9.17) is 14.2 Å². The molecule has 0 radical (unpaired) electrons. The van der Waals surface area contributed by atoms with Gasteiger partial charge in [0, 0.05) is 19.3 Å². The van der Waals surface area contributed by atoms with Crippen LogP contribution in [-0.2, 0) is 25.4 Å². The third-order valence-electron chi connectivity index (χ3n) is 4.12. The molecule has 0 bridgehead atoms. The summed E-state index contributed by atoms with van der Waals surface area (Å²) in [4.78, 5) is 11.9. The predicted octanol–water partition coefficient (Wildman–Crippen LogP) is 2.46. The van der Waals surface area contributed by atoms with Crippen molar-refractivity contribution in [2.24, 2.45) is 0 Å². The number of rotatable bonds is 3. The highest BCUT2D eigenvalue weighted by Crippen LogP contribution is 2.42. The number of esters is 1. The normalized spacial score (nSPS) is 27.9. The topological polar surface area (TPSA) is 44.8 Å². The van der Waals surface area contributed by atoms with Crippen LogP contribution in [0, 0.1) is 0 Å². The maximum atomic E-state index is 11.9. The van der Waals surface area contributed by atoms with Crippen molar-refractivity contribution in [1.29, 1.82) is 0 Å². The first kappa shape index (κ1) is 13.6. The highest BCUT2D eigenvalue weighted by atomic mass is 16.8. The number of ether oxygens (including phenoxy) is 3. The Hall–Kier alpha value is -1.39. The summed E-state index contributed by atoms with van der Waals surface area (Å²) in [5, 5.41) is 0. The summed E-state index contributed by atoms with van der Waals surface area (Å²) in [6, 6.07) is 10.0. The van der Waals surface area contributed by atoms with Crippen molar-refractivity contribution in [2.45, 2.75) is 50.1 Å². The summed E-state index contributed by atoms with van der Waals surface area (Å²) >= 11 is 0. The molecule has 3 rings (SSSR count). The lowest BCUT2D eigenvalue weighted by molar-refractivity contribution is -0.180. The molecular formula is C16H20O4. The molecular weight excluding hydrogens is 256 g/mol. The van der Waals surface area contributed by atoms with Gasteiger partial charge in [-0.3, -0.25) is 0 Å². The second-order valence-corrected chi connectivity index (χ2v) is 5.53. The Balaban J connectivity index is 1.77. The van der Waals surface area contributed by atoms with Gasteiger partial charge in [0.1, 0.15) is 6.10 Å². The van der Waals surface area contributed by atoms with Crippen LogP contribution in [-0.4, -0.2) is 31.1 Å². The Morgan fingerprint density at radius 1 is 1.25 bits per heavy atom. The van der Waals surface area contributed by atoms with Crippen LogP contribution in [0.5, 0.6) is 0 Å². The van der Waals surface area contributed by atoms with Crippen molar-refractivity contribution in [3.63, 3.8) is 0 Å². The molecule has 1 heterocycles. The zero-order chi connectivity index (χ0) is 14.0. The monoisotopic (exact) mass is 276 g/mol. The van der Waals surface area contributed by atoms with Gasteiger partial charge in [-0.15, -0.1) is 0 Å². The Kier molecular flexibility index (Phi) is 3.76. The minimum Gasteiger partial charge on any atom is -0.467 e. The molecule has 1 spiro atoms. The highest BCUT2D eigenvalue weighted by molar-refractivity contribution is 5.75. The number of carbonyl (C=O) groups is 1. The second-order valence-electron chi connectivity index (χ2n) is 5.53. The summed E-state index contributed by atoms with van der Waals surface area (Å²) in [6.45, 7) is 0. The minimum atomic E-state index is -0.613. The molecule has 1 aliphatic carbocycles. The van der Waals surface area contributed by atoms with E-state index in [1.807, 2.05) is 30.3 Å². The van der Waals surface area contributed by atoms with Gasteiger partial charge in [-0.2, -0.15) is 0 Å². The number of hydrogen-bond acceptors (Lipinski definition) is 4. The van der Waals surface area contributed by atoms with Crippen molar-refractivity contribution < 1.29 is 19.0 Å². The van der Waals surface area contributed by atoms with E-state index in [0.29, 0.717) is 6.42 Å². The first-order valence-corrected chi connectivity index (χ1v) is 7.20. The van der Waals surface area contributed by atoms with E-state index in [2.05, 4.69) is 0 Å². The largest absolute Gasteiger partial charge is 0.467 e. The fourth-order valence-electron chi connectivity index (χ4n) is 3.13. The Bertz CT molecular complexity index is 465. The van der Waals surface area contributed by atoms with Gasteiger partial charge in [-0.25, -0.2) is 4.79 Å². The first-order valence-electron chi connectivity index (χ1n) is 7.20. The molecule has 2 fully saturated rings. The van der Waals surface area contributed by atoms with E-state index in [9.17, 15) is 4.79 Å². The zero-order valence-corrected chi connectivity index (χ0v) is 11.7. The number of carbonyl (C=O) groups excluding carboxylic acids is 1. The SMILES string of the molecule is COC(=O)[C@@H]1OC2(CCCC2)O[C@H]1Cc1ccccc1. The molecule has 108 valence electrons. The van der Waals surface area contributed by atoms with E-state index in [-0.39, 0.29) is 12.1 Å². The average molecular weight is 276 g/mol. The van der Waals surface area contributed by atoms with Crippen molar-refractivity contribution in [3.8, 4) is 0 Å². The maximum absolute atomic E-state index is 11.9. The van der Waals surface area contributed by atoms with Crippen LogP contribution in [0.1, 0.15) is 31.2 Å². The van der Waals surface area contributed by atoms with E-state index < -0.39 is 11.9 Å². The smallest absolute Gasteiger partial charge is 0.337 e. The molecule has 4 nitrogen and oxygen atoms in total. The molecule has 20 heavy (non-hydrogen) atoms. The third-order valence-corrected chi connectivity index (χ3v) is 4.12. The number of methoxy groups -OCH3 is 1. The molecule has 0 aromatic heterocycles. The maximum Gasteiger partial charge on any atom is 0.337 e. The van der Waals surface area contributed by atoms with Crippen molar-refractivity contribution in [1.82, 2.24) is 0 Å². The molecule has 0 N–H and O–H groups in total. The standard InChI is InChI=1S/C16H20O4/c1-18-15(17)14-13(11-12-7-3-2-4-8-12)19-16(20-14)9-5-6-10-16/h2-4,7-8,13-14H,5-6,9-11H2,1H3/t13-,14+/m0/s1. The second kappa shape index (κ2) is 5.54. The van der Waals surface area contributed by atoms with Crippen LogP contribution in [0.2, 0.25) is 0 Å². The molecule has 1 aromatic rings. The van der Waals surface area contributed by atoms with E-state index >= 15 is 0 Å². The predicted molar refractivity (Wildman–Crippen MR) is 73.1 cm³/mol. The fourth-order valence-corrected chi connectivity index (χ4v) is 3.13. The molecule has 2 aliphatic rings. The fraction of sp³-hybridized carbons (Fsp3) is 0.562. The minimum absolute atomic E-state index is 0.261. The Morgan fingerprint density at radius 3 is 2.60 bits per heavy atom. The molecule has 0 unspecified atom stereocenters. The van der Waals surface area contributed by atoms with Crippen LogP contribution in [0.25, 0.3) is 0 Å². The number of benzene rings is 1. The molecule has 0 amide bonds. The summed E-state index contributed by atoms with van der Waals surface area (Å²) in [5.74, 6) is -0.895. The van der Waals surface area contributed by atoms with Crippen molar-refractivity contribution in [2.75, 3.05) is 7.11 Å². The van der Waals surface area contributed by atoms with E-state index in [0.717, 1.165) is 31.2 Å². The Morgan fingerprint density at radius 2 is 1.95 bits per heavy atom. The van der Waals surface area contributed by atoms with Gasteiger partial charge < -0.3 is 14.2 Å². The lowest BCUT2D eigenvalue weighted by Gasteiger charge is -2.21. The molecule has 1 aromatic carbocycles. The van der Waals surface area contributed by atoms with Gasteiger partial charge in [-0.1, -0.05) is 30.3 Å². The lowest BCUT2D eigenvalue weighted by Crippen LogP contribution is -2.34. The van der Waals surface area contributed by atoms with Gasteiger partial charge in [-0.05, 0) is 18.4 Å². The number of hydrogen-bond donors (Lipinski definition) is 0. The van der Waals surface area contributed by atoms with Gasteiger partial charge in [0.15, 0.2) is 11.9 Å². The summed E-state index contributed by atoms with van der Waals surface area (Å²) in [5.41, 5.74) is 1.14. The van der Waals surface area contributed by atoms with E-state index in [1.54, 1.807) is 0 Å². The van der Waals surface area contributed by atoms with Crippen LogP contribution >= 0.6 is 0 Å². The van der Waals surface area contributed by atoms with Gasteiger partial charge >= 0.3 is 5.97 Å². The van der Waals surface area contributed by atoms with Crippen LogP contribution in [0.4, 0.5) is 0 Å². The third kappa shape index (κ3) is 2.58.